The number of hydrogen-bond donors (Lipinski definition) is 1. The first-order valence-corrected chi connectivity index (χ1v) is 13.8. The van der Waals surface area contributed by atoms with Crippen LogP contribution in [0.4, 0.5) is 23.9 Å². The van der Waals surface area contributed by atoms with Crippen LogP contribution in [0.1, 0.15) is 50.9 Å². The van der Waals surface area contributed by atoms with Crippen LogP contribution >= 0.6 is 0 Å². The second-order valence-corrected chi connectivity index (χ2v) is 11.3. The van der Waals surface area contributed by atoms with Crippen LogP contribution in [0.15, 0.2) is 33.9 Å². The zero-order valence-electron chi connectivity index (χ0n) is 24.9. The number of piperidine rings is 1. The summed E-state index contributed by atoms with van der Waals surface area (Å²) in [5.41, 5.74) is -2.40. The number of carbonyl (C=O) groups excluding carboxylic acids is 2. The third-order valence-electron chi connectivity index (χ3n) is 6.74. The summed E-state index contributed by atoms with van der Waals surface area (Å²) >= 11 is 0. The van der Waals surface area contributed by atoms with Gasteiger partial charge in [-0.05, 0) is 52.7 Å². The fourth-order valence-electron chi connectivity index (χ4n) is 4.90. The summed E-state index contributed by atoms with van der Waals surface area (Å²) in [6.45, 7) is 7.13. The third-order valence-corrected chi connectivity index (χ3v) is 6.74. The van der Waals surface area contributed by atoms with Gasteiger partial charge in [0, 0.05) is 31.7 Å². The van der Waals surface area contributed by atoms with Crippen molar-refractivity contribution in [3.05, 3.63) is 50.7 Å². The van der Waals surface area contributed by atoms with Crippen molar-refractivity contribution in [3.8, 4) is 17.6 Å². The summed E-state index contributed by atoms with van der Waals surface area (Å²) in [6, 6.07) is 4.11. The molecule has 1 aliphatic heterocycles. The van der Waals surface area contributed by atoms with Gasteiger partial charge < -0.3 is 19.7 Å². The third kappa shape index (κ3) is 7.42. The van der Waals surface area contributed by atoms with Gasteiger partial charge in [-0.1, -0.05) is 18.1 Å². The predicted octanol–water partition coefficient (Wildman–Crippen LogP) is 3.20. The minimum absolute atomic E-state index is 0.0223. The van der Waals surface area contributed by atoms with E-state index < -0.39 is 47.4 Å². The maximum absolute atomic E-state index is 13.8. The van der Waals surface area contributed by atoms with E-state index in [9.17, 15) is 32.3 Å². The molecule has 1 aromatic carbocycles. The molecule has 0 radical (unpaired) electrons. The Morgan fingerprint density at radius 1 is 1.16 bits per heavy atom. The first-order chi connectivity index (χ1) is 20.6. The highest BCUT2D eigenvalue weighted by molar-refractivity contribution is 5.96. The number of benzene rings is 1. The van der Waals surface area contributed by atoms with Gasteiger partial charge in [0.15, 0.2) is 16.9 Å². The normalized spacial score (nSPS) is 15.5. The number of Topliss-reactive ketones (excluding diaryl/α,β-unsaturated/α-hetero) is 1. The fraction of sp³-hybridized carbons (Fsp3) is 0.483. The first kappa shape index (κ1) is 32.2. The molecule has 44 heavy (non-hydrogen) atoms. The van der Waals surface area contributed by atoms with E-state index in [1.54, 1.807) is 32.3 Å². The zero-order valence-corrected chi connectivity index (χ0v) is 24.9. The first-order valence-electron chi connectivity index (χ1n) is 13.8. The van der Waals surface area contributed by atoms with Crippen molar-refractivity contribution in [3.63, 3.8) is 0 Å². The van der Waals surface area contributed by atoms with Gasteiger partial charge in [-0.15, -0.1) is 19.1 Å². The molecule has 0 unspecified atom stereocenters. The number of anilines is 1. The Bertz CT molecular complexity index is 1760. The van der Waals surface area contributed by atoms with Crippen molar-refractivity contribution in [2.24, 2.45) is 7.05 Å². The molecule has 12 nitrogen and oxygen atoms in total. The molecule has 0 aliphatic carbocycles. The quantitative estimate of drug-likeness (QED) is 0.316. The minimum atomic E-state index is -4.96. The average Bonchev–Trinajstić information content (AvgIpc) is 3.31. The number of halogens is 3. The second-order valence-electron chi connectivity index (χ2n) is 11.3. The van der Waals surface area contributed by atoms with Crippen molar-refractivity contribution in [2.75, 3.05) is 18.0 Å². The van der Waals surface area contributed by atoms with E-state index in [-0.39, 0.29) is 29.3 Å². The van der Waals surface area contributed by atoms with E-state index in [1.165, 1.54) is 19.2 Å². The molecule has 15 heteroatoms. The number of fused-ring (bicyclic) bond motifs is 1. The number of carbonyl (C=O) groups is 2. The van der Waals surface area contributed by atoms with Gasteiger partial charge in [-0.3, -0.25) is 23.3 Å². The molecule has 1 atom stereocenters. The number of rotatable bonds is 7. The van der Waals surface area contributed by atoms with Crippen LogP contribution in [0.2, 0.25) is 0 Å². The van der Waals surface area contributed by atoms with Crippen LogP contribution in [-0.2, 0) is 24.9 Å². The number of imidazole rings is 1. The second kappa shape index (κ2) is 12.5. The van der Waals surface area contributed by atoms with Crippen molar-refractivity contribution < 1.29 is 32.2 Å². The van der Waals surface area contributed by atoms with E-state index in [4.69, 9.17) is 4.74 Å². The molecule has 0 spiro atoms. The molecule has 4 rings (SSSR count). The SMILES string of the molecule is CC#CCn1c(N2CCC[C@@H](NC(=O)OC(C)(C)C)C2)nc2c1c(=O)n(CC(=O)c1cccc(OC(F)(F)F)c1)c(=O)n2C. The van der Waals surface area contributed by atoms with Crippen molar-refractivity contribution in [1.82, 2.24) is 24.0 Å². The Kier molecular flexibility index (Phi) is 9.12. The molecule has 3 aromatic rings. The molecular weight excluding hydrogens is 585 g/mol. The number of aromatic nitrogens is 4. The number of alkyl carbamates (subject to hydrolysis) is 1. The lowest BCUT2D eigenvalue weighted by Gasteiger charge is -2.34. The van der Waals surface area contributed by atoms with Gasteiger partial charge in [-0.25, -0.2) is 9.59 Å². The maximum Gasteiger partial charge on any atom is 0.573 e. The Labute approximate surface area is 250 Å². The molecule has 1 saturated heterocycles. The Morgan fingerprint density at radius 3 is 2.55 bits per heavy atom. The summed E-state index contributed by atoms with van der Waals surface area (Å²) in [6.07, 6.45) is -4.14. The van der Waals surface area contributed by atoms with E-state index in [0.717, 1.165) is 16.7 Å². The van der Waals surface area contributed by atoms with Crippen LogP contribution < -0.4 is 26.2 Å². The maximum atomic E-state index is 13.8. The van der Waals surface area contributed by atoms with Gasteiger partial charge in [0.05, 0.1) is 13.1 Å². The van der Waals surface area contributed by atoms with Crippen molar-refractivity contribution >= 4 is 29.0 Å². The monoisotopic (exact) mass is 618 g/mol. The smallest absolute Gasteiger partial charge is 0.444 e. The highest BCUT2D eigenvalue weighted by atomic mass is 19.4. The molecule has 236 valence electrons. The molecule has 1 amide bonds. The average molecular weight is 619 g/mol. The van der Waals surface area contributed by atoms with Crippen LogP contribution in [0.3, 0.4) is 0 Å². The Hall–Kier alpha value is -4.74. The number of nitrogens with zero attached hydrogens (tertiary/aromatic N) is 5. The van der Waals surface area contributed by atoms with Crippen LogP contribution in [0.5, 0.6) is 5.75 Å². The highest BCUT2D eigenvalue weighted by Crippen LogP contribution is 2.25. The Balaban J connectivity index is 1.71. The van der Waals surface area contributed by atoms with E-state index in [1.807, 2.05) is 4.90 Å². The number of nitrogens with one attached hydrogen (secondary N) is 1. The number of alkyl halides is 3. The summed E-state index contributed by atoms with van der Waals surface area (Å²) in [5, 5.41) is 2.87. The van der Waals surface area contributed by atoms with Crippen LogP contribution in [0, 0.1) is 11.8 Å². The van der Waals surface area contributed by atoms with Gasteiger partial charge in [0.1, 0.15) is 11.4 Å². The molecule has 1 fully saturated rings. The highest BCUT2D eigenvalue weighted by Gasteiger charge is 2.32. The van der Waals surface area contributed by atoms with Gasteiger partial charge in [-0.2, -0.15) is 4.98 Å². The van der Waals surface area contributed by atoms with Gasteiger partial charge in [0.25, 0.3) is 5.56 Å². The number of aryl methyl sites for hydroxylation is 1. The largest absolute Gasteiger partial charge is 0.573 e. The molecule has 1 N–H and O–H groups in total. The van der Waals surface area contributed by atoms with E-state index in [2.05, 4.69) is 26.9 Å². The Morgan fingerprint density at radius 2 is 1.89 bits per heavy atom. The van der Waals surface area contributed by atoms with Crippen LogP contribution in [-0.4, -0.2) is 61.7 Å². The van der Waals surface area contributed by atoms with E-state index in [0.29, 0.717) is 36.4 Å². The van der Waals surface area contributed by atoms with Crippen LogP contribution in [0.25, 0.3) is 11.2 Å². The number of amides is 1. The molecule has 3 heterocycles. The molecule has 0 bridgehead atoms. The molecule has 1 aliphatic rings. The van der Waals surface area contributed by atoms with Crippen molar-refractivity contribution in [1.29, 1.82) is 0 Å². The predicted molar refractivity (Wildman–Crippen MR) is 155 cm³/mol. The lowest BCUT2D eigenvalue weighted by atomic mass is 10.1. The number of hydrogen-bond acceptors (Lipinski definition) is 8. The topological polar surface area (TPSA) is 130 Å². The summed E-state index contributed by atoms with van der Waals surface area (Å²) in [5.74, 6) is 4.66. The fourth-order valence-corrected chi connectivity index (χ4v) is 4.90. The summed E-state index contributed by atoms with van der Waals surface area (Å²) in [7, 11) is 1.40. The zero-order chi connectivity index (χ0) is 32.4. The summed E-state index contributed by atoms with van der Waals surface area (Å²) < 4.78 is 50.7. The van der Waals surface area contributed by atoms with E-state index >= 15 is 0 Å². The van der Waals surface area contributed by atoms with Crippen molar-refractivity contribution in [2.45, 2.75) is 71.6 Å². The molecular formula is C29H33F3N6O6. The standard InChI is InChI=1S/C29H33F3N6O6/c1-6-7-14-37-22-23(34-25(37)36-13-9-11-19(16-36)33-26(41)44-28(2,3)4)35(5)27(42)38(24(22)40)17-21(39)18-10-8-12-20(15-18)43-29(30,31)32/h8,10,12,15,19H,9,11,13-14,16-17H2,1-5H3,(H,33,41)/t19-/m1/s1. The number of ether oxygens (including phenoxy) is 2. The van der Waals surface area contributed by atoms with Gasteiger partial charge in [0.2, 0.25) is 5.95 Å². The minimum Gasteiger partial charge on any atom is -0.444 e. The lowest BCUT2D eigenvalue weighted by Crippen LogP contribution is -2.49. The molecule has 2 aromatic heterocycles. The number of ketones is 1. The van der Waals surface area contributed by atoms with Gasteiger partial charge >= 0.3 is 18.1 Å². The molecule has 0 saturated carbocycles. The summed E-state index contributed by atoms with van der Waals surface area (Å²) in [4.78, 5) is 59.0. The lowest BCUT2D eigenvalue weighted by molar-refractivity contribution is -0.274.